The number of benzene rings is 2. The molecule has 9 nitrogen and oxygen atoms in total. The Morgan fingerprint density at radius 2 is 1.55 bits per heavy atom. The van der Waals surface area contributed by atoms with Gasteiger partial charge in [-0.15, -0.1) is 0 Å². The van der Waals surface area contributed by atoms with Crippen molar-refractivity contribution in [2.45, 2.75) is 12.4 Å². The molecule has 42 heavy (non-hydrogen) atoms. The first-order valence-electron chi connectivity index (χ1n) is 13.9. The Morgan fingerprint density at radius 3 is 2.21 bits per heavy atom. The average Bonchev–Trinajstić information content (AvgIpc) is 3.03. The molecule has 4 rings (SSSR count). The fourth-order valence-electron chi connectivity index (χ4n) is 4.44. The van der Waals surface area contributed by atoms with E-state index in [2.05, 4.69) is 17.6 Å². The lowest BCUT2D eigenvalue weighted by atomic mass is 10.1. The minimum absolute atomic E-state index is 0.105. The van der Waals surface area contributed by atoms with Gasteiger partial charge in [-0.1, -0.05) is 36.4 Å². The second kappa shape index (κ2) is 16.8. The summed E-state index contributed by atoms with van der Waals surface area (Å²) in [6, 6.07) is 20.5. The van der Waals surface area contributed by atoms with Gasteiger partial charge in [0, 0.05) is 42.8 Å². The summed E-state index contributed by atoms with van der Waals surface area (Å²) in [4.78, 5) is 32.6. The van der Waals surface area contributed by atoms with Gasteiger partial charge < -0.3 is 28.4 Å². The van der Waals surface area contributed by atoms with E-state index in [1.165, 1.54) is 4.57 Å². The van der Waals surface area contributed by atoms with E-state index < -0.39 is 0 Å². The van der Waals surface area contributed by atoms with Crippen LogP contribution in [0.15, 0.2) is 83.9 Å². The maximum atomic E-state index is 13.8. The second-order valence-electron chi connectivity index (χ2n) is 9.47. The molecule has 0 aliphatic rings. The normalized spacial score (nSPS) is 11.2. The van der Waals surface area contributed by atoms with Crippen LogP contribution < -0.4 is 10.5 Å². The summed E-state index contributed by atoms with van der Waals surface area (Å²) in [6.07, 6.45) is 3.51. The zero-order valence-electron chi connectivity index (χ0n) is 23.8. The number of nitrogens with zero attached hydrogens (tertiary/aromatic N) is 3. The molecule has 0 saturated heterocycles. The van der Waals surface area contributed by atoms with E-state index in [1.54, 1.807) is 30.4 Å². The van der Waals surface area contributed by atoms with Crippen LogP contribution in [0.2, 0.25) is 0 Å². The molecule has 1 amide bonds. The molecular weight excluding hydrogens is 554 g/mol. The van der Waals surface area contributed by atoms with Crippen LogP contribution in [-0.4, -0.2) is 68.3 Å². The Labute approximate surface area is 251 Å². The number of fused-ring (bicyclic) bond motifs is 1. The maximum absolute atomic E-state index is 13.8. The van der Waals surface area contributed by atoms with Gasteiger partial charge in [0.05, 0.1) is 58.4 Å². The summed E-state index contributed by atoms with van der Waals surface area (Å²) in [5, 5.41) is 0.834. The molecule has 2 aromatic carbocycles. The van der Waals surface area contributed by atoms with Crippen molar-refractivity contribution in [3.05, 3.63) is 106 Å². The van der Waals surface area contributed by atoms with Gasteiger partial charge in [-0.2, -0.15) is 12.6 Å². The molecule has 2 heterocycles. The SMILES string of the molecule is Cn1c(=O)c(C(=O)N(CCOCCOCCOCCOCc2cccnc2)c2ccccc2)cc2c(CS)cccc21. The molecule has 0 N–H and O–H groups in total. The summed E-state index contributed by atoms with van der Waals surface area (Å²) in [7, 11) is 1.68. The van der Waals surface area contributed by atoms with Crippen molar-refractivity contribution in [2.24, 2.45) is 7.05 Å². The summed E-state index contributed by atoms with van der Waals surface area (Å²) < 4.78 is 23.9. The molecule has 0 spiro atoms. The Balaban J connectivity index is 1.22. The smallest absolute Gasteiger partial charge is 0.263 e. The Morgan fingerprint density at radius 1 is 0.857 bits per heavy atom. The number of para-hydroxylation sites is 1. The molecular formula is C32H37N3O6S. The van der Waals surface area contributed by atoms with Crippen LogP contribution in [0.4, 0.5) is 5.69 Å². The number of aromatic nitrogens is 2. The van der Waals surface area contributed by atoms with Crippen LogP contribution in [-0.2, 0) is 38.4 Å². The van der Waals surface area contributed by atoms with Gasteiger partial charge in [-0.3, -0.25) is 14.6 Å². The van der Waals surface area contributed by atoms with E-state index in [0.717, 1.165) is 22.0 Å². The predicted molar refractivity (Wildman–Crippen MR) is 166 cm³/mol. The zero-order valence-corrected chi connectivity index (χ0v) is 24.7. The lowest BCUT2D eigenvalue weighted by molar-refractivity contribution is -0.00345. The number of carbonyl (C=O) groups excluding carboxylic acids is 1. The minimum atomic E-state index is -0.376. The highest BCUT2D eigenvalue weighted by Gasteiger charge is 2.22. The summed E-state index contributed by atoms with van der Waals surface area (Å²) in [5.74, 6) is 0.119. The largest absolute Gasteiger partial charge is 0.377 e. The Kier molecular flexibility index (Phi) is 12.6. The van der Waals surface area contributed by atoms with Gasteiger partial charge >= 0.3 is 0 Å². The quantitative estimate of drug-likeness (QED) is 0.145. The van der Waals surface area contributed by atoms with Gasteiger partial charge in [-0.05, 0) is 41.5 Å². The Hall–Kier alpha value is -3.54. The Bertz CT molecular complexity index is 1470. The minimum Gasteiger partial charge on any atom is -0.377 e. The van der Waals surface area contributed by atoms with Gasteiger partial charge in [0.1, 0.15) is 5.56 Å². The van der Waals surface area contributed by atoms with Crippen molar-refractivity contribution in [1.29, 1.82) is 0 Å². The molecule has 222 valence electrons. The lowest BCUT2D eigenvalue weighted by Crippen LogP contribution is -2.38. The average molecular weight is 592 g/mol. The molecule has 0 aliphatic heterocycles. The van der Waals surface area contributed by atoms with Crippen molar-refractivity contribution in [2.75, 3.05) is 57.7 Å². The molecule has 2 aromatic heterocycles. The highest BCUT2D eigenvalue weighted by atomic mass is 32.1. The molecule has 10 heteroatoms. The fraction of sp³-hybridized carbons (Fsp3) is 0.344. The topological polar surface area (TPSA) is 92.1 Å². The van der Waals surface area contributed by atoms with E-state index in [9.17, 15) is 9.59 Å². The standard InChI is InChI=1S/C32H37N3O6S/c1-34-30-11-5-8-26(24-42)28(30)21-29(31(34)36)32(37)35(27-9-3-2-4-10-27)13-14-38-15-16-39-17-18-40-19-20-41-23-25-7-6-12-33-22-25/h2-12,21-22,42H,13-20,23-24H2,1H3. The molecule has 0 atom stereocenters. The summed E-state index contributed by atoms with van der Waals surface area (Å²) in [5.41, 5.74) is 3.19. The van der Waals surface area contributed by atoms with Gasteiger partial charge in [0.25, 0.3) is 11.5 Å². The van der Waals surface area contributed by atoms with Crippen LogP contribution in [0, 0.1) is 0 Å². The van der Waals surface area contributed by atoms with Crippen LogP contribution >= 0.6 is 12.6 Å². The number of pyridine rings is 2. The van der Waals surface area contributed by atoms with E-state index in [1.807, 2.05) is 60.7 Å². The van der Waals surface area contributed by atoms with Gasteiger partial charge in [-0.25, -0.2) is 0 Å². The van der Waals surface area contributed by atoms with Crippen molar-refractivity contribution in [1.82, 2.24) is 9.55 Å². The second-order valence-corrected chi connectivity index (χ2v) is 9.79. The number of ether oxygens (including phenoxy) is 4. The molecule has 0 aliphatic carbocycles. The van der Waals surface area contributed by atoms with Gasteiger partial charge in [0.2, 0.25) is 0 Å². The molecule has 0 unspecified atom stereocenters. The number of rotatable bonds is 17. The predicted octanol–water partition coefficient (Wildman–Crippen LogP) is 4.28. The van der Waals surface area contributed by atoms with E-state index >= 15 is 0 Å². The lowest BCUT2D eigenvalue weighted by Gasteiger charge is -2.23. The van der Waals surface area contributed by atoms with E-state index in [4.69, 9.17) is 18.9 Å². The van der Waals surface area contributed by atoms with Crippen LogP contribution in [0.1, 0.15) is 21.5 Å². The molecule has 0 saturated carbocycles. The first kappa shape index (κ1) is 31.4. The van der Waals surface area contributed by atoms with Crippen molar-refractivity contribution in [3.63, 3.8) is 0 Å². The number of hydrogen-bond acceptors (Lipinski definition) is 8. The number of carbonyl (C=O) groups is 1. The first-order chi connectivity index (χ1) is 20.6. The third kappa shape index (κ3) is 8.73. The first-order valence-corrected chi connectivity index (χ1v) is 14.5. The third-order valence-corrected chi connectivity index (χ3v) is 6.98. The van der Waals surface area contributed by atoms with Gasteiger partial charge in [0.15, 0.2) is 0 Å². The highest BCUT2D eigenvalue weighted by molar-refractivity contribution is 7.79. The van der Waals surface area contributed by atoms with Crippen LogP contribution in [0.3, 0.4) is 0 Å². The van der Waals surface area contributed by atoms with Crippen LogP contribution in [0.5, 0.6) is 0 Å². The molecule has 4 aromatic rings. The third-order valence-electron chi connectivity index (χ3n) is 6.64. The molecule has 0 fully saturated rings. The van der Waals surface area contributed by atoms with E-state index in [-0.39, 0.29) is 30.2 Å². The number of amides is 1. The summed E-state index contributed by atoms with van der Waals surface area (Å²) in [6.45, 7) is 3.73. The highest BCUT2D eigenvalue weighted by Crippen LogP contribution is 2.22. The molecule has 0 bridgehead atoms. The maximum Gasteiger partial charge on any atom is 0.263 e. The number of aryl methyl sites for hydroxylation is 1. The van der Waals surface area contributed by atoms with E-state index in [0.29, 0.717) is 57.7 Å². The number of hydrogen-bond donors (Lipinski definition) is 1. The molecule has 0 radical (unpaired) electrons. The van der Waals surface area contributed by atoms with Crippen molar-refractivity contribution >= 4 is 35.1 Å². The number of anilines is 1. The monoisotopic (exact) mass is 591 g/mol. The van der Waals surface area contributed by atoms with Crippen molar-refractivity contribution in [3.8, 4) is 0 Å². The summed E-state index contributed by atoms with van der Waals surface area (Å²) >= 11 is 4.43. The van der Waals surface area contributed by atoms with Crippen molar-refractivity contribution < 1.29 is 23.7 Å². The fourth-order valence-corrected chi connectivity index (χ4v) is 4.71. The van der Waals surface area contributed by atoms with Crippen LogP contribution in [0.25, 0.3) is 10.9 Å². The number of thiol groups is 1. The zero-order chi connectivity index (χ0) is 29.6.